The Morgan fingerprint density at radius 2 is 1.78 bits per heavy atom. The lowest BCUT2D eigenvalue weighted by molar-refractivity contribution is -0.214. The standard InChI is InChI=1S/C15H21NO6S/c1-10-13(17)15(19)14(18)12(22-10)9-16-23(20,21)8-7-11-5-3-2-4-6-11/h2-8,10,12-19H,9H2,1H3/b8-7+/t10?,12-,13-,14?,15?/m1/s1. The molecule has 0 spiro atoms. The largest absolute Gasteiger partial charge is 0.388 e. The zero-order valence-electron chi connectivity index (χ0n) is 12.6. The minimum Gasteiger partial charge on any atom is -0.388 e. The second kappa shape index (κ2) is 7.52. The molecule has 1 aromatic rings. The van der Waals surface area contributed by atoms with E-state index in [9.17, 15) is 23.7 Å². The van der Waals surface area contributed by atoms with E-state index in [1.165, 1.54) is 13.0 Å². The molecule has 128 valence electrons. The maximum absolute atomic E-state index is 11.9. The van der Waals surface area contributed by atoms with Gasteiger partial charge in [0.25, 0.3) is 0 Å². The highest BCUT2D eigenvalue weighted by molar-refractivity contribution is 7.92. The fourth-order valence-corrected chi connectivity index (χ4v) is 3.11. The molecule has 0 aliphatic carbocycles. The number of hydrogen-bond donors (Lipinski definition) is 4. The zero-order chi connectivity index (χ0) is 17.0. The lowest BCUT2D eigenvalue weighted by Crippen LogP contribution is -2.59. The van der Waals surface area contributed by atoms with Crippen molar-refractivity contribution < 1.29 is 28.5 Å². The molecule has 4 N–H and O–H groups in total. The van der Waals surface area contributed by atoms with Crippen molar-refractivity contribution in [1.82, 2.24) is 4.72 Å². The number of rotatable bonds is 5. The quantitative estimate of drug-likeness (QED) is 0.570. The van der Waals surface area contributed by atoms with Crippen LogP contribution in [0.5, 0.6) is 0 Å². The predicted molar refractivity (Wildman–Crippen MR) is 84.8 cm³/mol. The van der Waals surface area contributed by atoms with Crippen molar-refractivity contribution in [2.45, 2.75) is 37.4 Å². The molecule has 1 aliphatic heterocycles. The SMILES string of the molecule is CC1O[C@H](CNS(=O)(=O)/C=C/c2ccccc2)C(O)C(O)[C@@H]1O. The summed E-state index contributed by atoms with van der Waals surface area (Å²) in [6, 6.07) is 8.94. The summed E-state index contributed by atoms with van der Waals surface area (Å²) in [5.74, 6) is 0. The highest BCUT2D eigenvalue weighted by Gasteiger charge is 2.41. The molecule has 1 aliphatic rings. The third-order valence-corrected chi connectivity index (χ3v) is 4.74. The Morgan fingerprint density at radius 3 is 2.43 bits per heavy atom. The summed E-state index contributed by atoms with van der Waals surface area (Å²) >= 11 is 0. The first-order valence-corrected chi connectivity index (χ1v) is 8.77. The molecule has 0 bridgehead atoms. The van der Waals surface area contributed by atoms with Crippen LogP contribution in [0.2, 0.25) is 0 Å². The normalized spacial score (nSPS) is 32.3. The number of hydrogen-bond acceptors (Lipinski definition) is 6. The van der Waals surface area contributed by atoms with E-state index < -0.39 is 40.5 Å². The maximum Gasteiger partial charge on any atom is 0.233 e. The number of nitrogens with one attached hydrogen (secondary N) is 1. The topological polar surface area (TPSA) is 116 Å². The average molecular weight is 343 g/mol. The molecule has 1 saturated heterocycles. The van der Waals surface area contributed by atoms with Crippen LogP contribution in [0, 0.1) is 0 Å². The van der Waals surface area contributed by atoms with Crippen molar-refractivity contribution in [3.05, 3.63) is 41.3 Å². The molecule has 8 heteroatoms. The van der Waals surface area contributed by atoms with Crippen LogP contribution in [-0.2, 0) is 14.8 Å². The minimum absolute atomic E-state index is 0.212. The Balaban J connectivity index is 1.95. The molecular formula is C15H21NO6S. The van der Waals surface area contributed by atoms with Gasteiger partial charge in [-0.3, -0.25) is 0 Å². The van der Waals surface area contributed by atoms with Gasteiger partial charge < -0.3 is 20.1 Å². The van der Waals surface area contributed by atoms with Crippen molar-refractivity contribution in [2.75, 3.05) is 6.54 Å². The summed E-state index contributed by atoms with van der Waals surface area (Å²) in [5.41, 5.74) is 0.735. The number of aliphatic hydroxyl groups excluding tert-OH is 3. The summed E-state index contributed by atoms with van der Waals surface area (Å²) in [6.07, 6.45) is -4.17. The van der Waals surface area contributed by atoms with Crippen molar-refractivity contribution in [2.24, 2.45) is 0 Å². The average Bonchev–Trinajstić information content (AvgIpc) is 2.54. The van der Waals surface area contributed by atoms with Gasteiger partial charge in [0.05, 0.1) is 6.10 Å². The van der Waals surface area contributed by atoms with Gasteiger partial charge in [0.2, 0.25) is 10.0 Å². The summed E-state index contributed by atoms with van der Waals surface area (Å²) in [4.78, 5) is 0. The molecule has 2 rings (SSSR count). The Bertz CT molecular complexity index is 633. The monoisotopic (exact) mass is 343 g/mol. The van der Waals surface area contributed by atoms with E-state index in [0.29, 0.717) is 0 Å². The molecule has 0 radical (unpaired) electrons. The van der Waals surface area contributed by atoms with Gasteiger partial charge in [-0.1, -0.05) is 30.3 Å². The molecule has 1 heterocycles. The van der Waals surface area contributed by atoms with Gasteiger partial charge in [-0.25, -0.2) is 13.1 Å². The van der Waals surface area contributed by atoms with Gasteiger partial charge >= 0.3 is 0 Å². The zero-order valence-corrected chi connectivity index (χ0v) is 13.4. The van der Waals surface area contributed by atoms with Gasteiger partial charge in [0.1, 0.15) is 24.4 Å². The second-order valence-electron chi connectivity index (χ2n) is 5.46. The van der Waals surface area contributed by atoms with E-state index >= 15 is 0 Å². The lowest BCUT2D eigenvalue weighted by Gasteiger charge is -2.39. The van der Waals surface area contributed by atoms with E-state index in [0.717, 1.165) is 11.0 Å². The number of benzene rings is 1. The maximum atomic E-state index is 11.9. The molecule has 1 fully saturated rings. The van der Waals surface area contributed by atoms with E-state index in [-0.39, 0.29) is 6.54 Å². The van der Waals surface area contributed by atoms with Gasteiger partial charge in [0.15, 0.2) is 0 Å². The predicted octanol–water partition coefficient (Wildman–Crippen LogP) is -0.553. The summed E-state index contributed by atoms with van der Waals surface area (Å²) in [5, 5.41) is 30.1. The van der Waals surface area contributed by atoms with Crippen LogP contribution in [0.3, 0.4) is 0 Å². The third-order valence-electron chi connectivity index (χ3n) is 3.68. The number of aliphatic hydroxyl groups is 3. The van der Waals surface area contributed by atoms with Crippen LogP contribution >= 0.6 is 0 Å². The number of ether oxygens (including phenoxy) is 1. The minimum atomic E-state index is -3.72. The van der Waals surface area contributed by atoms with Crippen molar-refractivity contribution in [3.63, 3.8) is 0 Å². The molecule has 23 heavy (non-hydrogen) atoms. The Labute approximate surface area is 135 Å². The van der Waals surface area contributed by atoms with E-state index in [1.807, 2.05) is 6.07 Å². The van der Waals surface area contributed by atoms with E-state index in [2.05, 4.69) is 4.72 Å². The first kappa shape index (κ1) is 18.1. The smallest absolute Gasteiger partial charge is 0.233 e. The van der Waals surface area contributed by atoms with Gasteiger partial charge in [-0.15, -0.1) is 0 Å². The molecule has 7 nitrogen and oxygen atoms in total. The summed E-state index contributed by atoms with van der Waals surface area (Å²) in [6.45, 7) is 1.33. The van der Waals surface area contributed by atoms with Crippen LogP contribution in [0.4, 0.5) is 0 Å². The van der Waals surface area contributed by atoms with Crippen LogP contribution in [0.25, 0.3) is 6.08 Å². The van der Waals surface area contributed by atoms with Crippen LogP contribution < -0.4 is 4.72 Å². The van der Waals surface area contributed by atoms with E-state index in [1.54, 1.807) is 24.3 Å². The molecule has 0 aromatic heterocycles. The Kier molecular flexibility index (Phi) is 5.90. The molecule has 3 unspecified atom stereocenters. The van der Waals surface area contributed by atoms with Crippen molar-refractivity contribution >= 4 is 16.1 Å². The fraction of sp³-hybridized carbons (Fsp3) is 0.467. The second-order valence-corrected chi connectivity index (χ2v) is 7.11. The molecular weight excluding hydrogens is 322 g/mol. The van der Waals surface area contributed by atoms with Gasteiger partial charge in [-0.05, 0) is 18.6 Å². The van der Waals surface area contributed by atoms with Crippen LogP contribution in [0.1, 0.15) is 12.5 Å². The van der Waals surface area contributed by atoms with Crippen molar-refractivity contribution in [1.29, 1.82) is 0 Å². The van der Waals surface area contributed by atoms with Crippen LogP contribution in [0.15, 0.2) is 35.7 Å². The highest BCUT2D eigenvalue weighted by Crippen LogP contribution is 2.20. The van der Waals surface area contributed by atoms with Crippen molar-refractivity contribution in [3.8, 4) is 0 Å². The third kappa shape index (κ3) is 4.84. The Hall–Kier alpha value is -1.29. The van der Waals surface area contributed by atoms with Gasteiger partial charge in [-0.2, -0.15) is 0 Å². The van der Waals surface area contributed by atoms with Crippen LogP contribution in [-0.4, -0.2) is 60.8 Å². The lowest BCUT2D eigenvalue weighted by atomic mass is 9.96. The van der Waals surface area contributed by atoms with E-state index in [4.69, 9.17) is 4.74 Å². The first-order chi connectivity index (χ1) is 10.8. The first-order valence-electron chi connectivity index (χ1n) is 7.22. The highest BCUT2D eigenvalue weighted by atomic mass is 32.2. The van der Waals surface area contributed by atoms with Gasteiger partial charge in [0, 0.05) is 12.0 Å². The molecule has 0 amide bonds. The summed E-state index contributed by atoms with van der Waals surface area (Å²) in [7, 11) is -3.72. The number of sulfonamides is 1. The molecule has 5 atom stereocenters. The summed E-state index contributed by atoms with van der Waals surface area (Å²) < 4.78 is 31.5. The molecule has 0 saturated carbocycles. The molecule has 1 aromatic carbocycles. The Morgan fingerprint density at radius 1 is 1.13 bits per heavy atom. The fourth-order valence-electron chi connectivity index (χ4n) is 2.28.